The number of imidazole rings is 1. The molecule has 0 unspecified atom stereocenters. The highest BCUT2D eigenvalue weighted by Crippen LogP contribution is 2.11. The Balaban J connectivity index is 0.00000225. The molecule has 0 radical (unpaired) electrons. The first kappa shape index (κ1) is 19.7. The van der Waals surface area contributed by atoms with Crippen molar-refractivity contribution in [3.8, 4) is 0 Å². The number of nitrogens with one attached hydrogen (secondary N) is 3. The van der Waals surface area contributed by atoms with Crippen molar-refractivity contribution in [2.75, 3.05) is 20.1 Å². The molecule has 0 atom stereocenters. The molecule has 3 N–H and O–H groups in total. The highest BCUT2D eigenvalue weighted by Gasteiger charge is 2.02. The predicted octanol–water partition coefficient (Wildman–Crippen LogP) is 3.58. The van der Waals surface area contributed by atoms with E-state index in [0.717, 1.165) is 55.2 Å². The van der Waals surface area contributed by atoms with E-state index in [1.54, 1.807) is 18.4 Å². The average molecular weight is 469 g/mol. The predicted molar refractivity (Wildman–Crippen MR) is 117 cm³/mol. The third-order valence-corrected chi connectivity index (χ3v) is 4.72. The Bertz CT molecular complexity index is 749. The van der Waals surface area contributed by atoms with Crippen molar-refractivity contribution < 1.29 is 0 Å². The second-order valence-corrected chi connectivity index (χ2v) is 6.59. The molecule has 7 heteroatoms. The Hall–Kier alpha value is -1.61. The fourth-order valence-electron chi connectivity index (χ4n) is 2.57. The van der Waals surface area contributed by atoms with Gasteiger partial charge in [0.15, 0.2) is 5.96 Å². The molecule has 3 aromatic rings. The third-order valence-electron chi connectivity index (χ3n) is 3.79. The van der Waals surface area contributed by atoms with Crippen LogP contribution in [0.5, 0.6) is 0 Å². The summed E-state index contributed by atoms with van der Waals surface area (Å²) in [6.45, 7) is 1.76. The molecule has 0 saturated heterocycles. The molecule has 0 aliphatic carbocycles. The lowest BCUT2D eigenvalue weighted by Gasteiger charge is -2.11. The molecule has 3 rings (SSSR count). The van der Waals surface area contributed by atoms with Crippen LogP contribution in [0, 0.1) is 0 Å². The minimum atomic E-state index is 0. The van der Waals surface area contributed by atoms with Gasteiger partial charge < -0.3 is 15.6 Å². The van der Waals surface area contributed by atoms with Crippen LogP contribution in [-0.4, -0.2) is 36.1 Å². The summed E-state index contributed by atoms with van der Waals surface area (Å²) >= 11 is 1.79. The lowest BCUT2D eigenvalue weighted by Crippen LogP contribution is -2.38. The molecule has 0 bridgehead atoms. The zero-order valence-corrected chi connectivity index (χ0v) is 17.4. The molecule has 0 saturated carbocycles. The quantitative estimate of drug-likeness (QED) is 0.215. The Morgan fingerprint density at radius 3 is 2.72 bits per heavy atom. The molecule has 0 fully saturated rings. The lowest BCUT2D eigenvalue weighted by molar-refractivity contribution is 0.725. The summed E-state index contributed by atoms with van der Waals surface area (Å²) in [6, 6.07) is 12.4. The van der Waals surface area contributed by atoms with Crippen LogP contribution in [0.2, 0.25) is 0 Å². The van der Waals surface area contributed by atoms with E-state index in [9.17, 15) is 0 Å². The monoisotopic (exact) mass is 469 g/mol. The largest absolute Gasteiger partial charge is 0.356 e. The summed E-state index contributed by atoms with van der Waals surface area (Å²) in [5, 5.41) is 8.82. The third kappa shape index (κ3) is 6.00. The standard InChI is InChI=1S/C18H23N5S.HI/c1-19-18(21-12-10-14-6-5-13-24-14)20-11-4-9-17-22-15-7-2-3-8-16(15)23-17;/h2-3,5-8,13H,4,9-12H2,1H3,(H,22,23)(H2,19,20,21);1H. The van der Waals surface area contributed by atoms with Gasteiger partial charge in [0.1, 0.15) is 5.82 Å². The van der Waals surface area contributed by atoms with Crippen LogP contribution in [0.15, 0.2) is 46.8 Å². The highest BCUT2D eigenvalue weighted by molar-refractivity contribution is 14.0. The summed E-state index contributed by atoms with van der Waals surface area (Å²) in [6.07, 6.45) is 2.96. The van der Waals surface area contributed by atoms with Crippen LogP contribution in [0.4, 0.5) is 0 Å². The van der Waals surface area contributed by atoms with Crippen molar-refractivity contribution in [2.24, 2.45) is 4.99 Å². The Kier molecular flexibility index (Phi) is 8.20. The normalized spacial score (nSPS) is 11.3. The molecular formula is C18H24IN5S. The molecule has 2 aromatic heterocycles. The number of benzene rings is 1. The van der Waals surface area contributed by atoms with Gasteiger partial charge in [-0.3, -0.25) is 4.99 Å². The molecule has 0 aliphatic rings. The molecule has 134 valence electrons. The Morgan fingerprint density at radius 1 is 1.12 bits per heavy atom. The van der Waals surface area contributed by atoms with Crippen LogP contribution in [0.1, 0.15) is 17.1 Å². The van der Waals surface area contributed by atoms with Gasteiger partial charge >= 0.3 is 0 Å². The number of halogens is 1. The lowest BCUT2D eigenvalue weighted by atomic mass is 10.3. The van der Waals surface area contributed by atoms with Gasteiger partial charge in [0.05, 0.1) is 11.0 Å². The van der Waals surface area contributed by atoms with Gasteiger partial charge in [-0.25, -0.2) is 4.98 Å². The van der Waals surface area contributed by atoms with Gasteiger partial charge in [-0.2, -0.15) is 0 Å². The van der Waals surface area contributed by atoms with Crippen molar-refractivity contribution in [2.45, 2.75) is 19.3 Å². The van der Waals surface area contributed by atoms with E-state index in [-0.39, 0.29) is 24.0 Å². The number of hydrogen-bond donors (Lipinski definition) is 3. The number of hydrogen-bond acceptors (Lipinski definition) is 3. The minimum Gasteiger partial charge on any atom is -0.356 e. The average Bonchev–Trinajstić information content (AvgIpc) is 3.25. The first-order valence-corrected chi connectivity index (χ1v) is 9.13. The maximum absolute atomic E-state index is 4.60. The molecule has 1 aromatic carbocycles. The Labute approximate surface area is 169 Å². The number of nitrogens with zero attached hydrogens (tertiary/aromatic N) is 2. The second kappa shape index (κ2) is 10.4. The van der Waals surface area contributed by atoms with Crippen LogP contribution in [-0.2, 0) is 12.8 Å². The molecular weight excluding hydrogens is 445 g/mol. The molecule has 5 nitrogen and oxygen atoms in total. The van der Waals surface area contributed by atoms with E-state index < -0.39 is 0 Å². The van der Waals surface area contributed by atoms with Crippen molar-refractivity contribution in [3.63, 3.8) is 0 Å². The highest BCUT2D eigenvalue weighted by atomic mass is 127. The van der Waals surface area contributed by atoms with E-state index in [0.29, 0.717) is 0 Å². The molecule has 2 heterocycles. The van der Waals surface area contributed by atoms with E-state index in [2.05, 4.69) is 49.2 Å². The number of thiophene rings is 1. The first-order chi connectivity index (χ1) is 11.8. The number of rotatable bonds is 7. The number of fused-ring (bicyclic) bond motifs is 1. The fourth-order valence-corrected chi connectivity index (χ4v) is 3.28. The molecule has 0 amide bonds. The van der Waals surface area contributed by atoms with Crippen molar-refractivity contribution in [1.82, 2.24) is 20.6 Å². The smallest absolute Gasteiger partial charge is 0.190 e. The van der Waals surface area contributed by atoms with E-state index in [1.807, 2.05) is 18.2 Å². The number of aliphatic imine (C=N–C) groups is 1. The second-order valence-electron chi connectivity index (χ2n) is 5.56. The van der Waals surface area contributed by atoms with Crippen LogP contribution in [0.25, 0.3) is 11.0 Å². The maximum atomic E-state index is 4.60. The van der Waals surface area contributed by atoms with Crippen LogP contribution >= 0.6 is 35.3 Å². The van der Waals surface area contributed by atoms with Crippen molar-refractivity contribution in [1.29, 1.82) is 0 Å². The van der Waals surface area contributed by atoms with Gasteiger partial charge in [-0.15, -0.1) is 35.3 Å². The van der Waals surface area contributed by atoms with Gasteiger partial charge in [0.25, 0.3) is 0 Å². The molecule has 0 aliphatic heterocycles. The summed E-state index contributed by atoms with van der Waals surface area (Å²) in [5.74, 6) is 1.90. The maximum Gasteiger partial charge on any atom is 0.190 e. The van der Waals surface area contributed by atoms with Crippen LogP contribution < -0.4 is 10.6 Å². The van der Waals surface area contributed by atoms with Gasteiger partial charge in [-0.1, -0.05) is 18.2 Å². The summed E-state index contributed by atoms with van der Waals surface area (Å²) in [7, 11) is 1.81. The summed E-state index contributed by atoms with van der Waals surface area (Å²) < 4.78 is 0. The number of aromatic nitrogens is 2. The number of guanidine groups is 1. The number of para-hydroxylation sites is 2. The number of aryl methyl sites for hydroxylation is 1. The number of aromatic amines is 1. The van der Waals surface area contributed by atoms with E-state index in [4.69, 9.17) is 0 Å². The van der Waals surface area contributed by atoms with Crippen LogP contribution in [0.3, 0.4) is 0 Å². The van der Waals surface area contributed by atoms with Gasteiger partial charge in [-0.05, 0) is 36.4 Å². The molecule has 0 spiro atoms. The zero-order chi connectivity index (χ0) is 16.6. The van der Waals surface area contributed by atoms with Gasteiger partial charge in [0, 0.05) is 31.4 Å². The molecule has 25 heavy (non-hydrogen) atoms. The Morgan fingerprint density at radius 2 is 1.96 bits per heavy atom. The summed E-state index contributed by atoms with van der Waals surface area (Å²) in [4.78, 5) is 13.6. The van der Waals surface area contributed by atoms with Crippen molar-refractivity contribution >= 4 is 52.3 Å². The summed E-state index contributed by atoms with van der Waals surface area (Å²) in [5.41, 5.74) is 2.14. The number of H-pyrrole nitrogens is 1. The first-order valence-electron chi connectivity index (χ1n) is 8.25. The van der Waals surface area contributed by atoms with Crippen molar-refractivity contribution in [3.05, 3.63) is 52.5 Å². The van der Waals surface area contributed by atoms with E-state index in [1.165, 1.54) is 4.88 Å². The SMILES string of the molecule is CN=C(NCCCc1nc2ccccc2[nH]1)NCCc1cccs1.I. The van der Waals surface area contributed by atoms with Gasteiger partial charge in [0.2, 0.25) is 0 Å². The minimum absolute atomic E-state index is 0. The van der Waals surface area contributed by atoms with E-state index >= 15 is 0 Å². The topological polar surface area (TPSA) is 65.1 Å². The fraction of sp³-hybridized carbons (Fsp3) is 0.333. The zero-order valence-electron chi connectivity index (χ0n) is 14.3.